The SMILES string of the molecule is Cc1cc(CNC(=O)c2ccccn2)ncn1. The molecular formula is C12H12N4O. The Balaban J connectivity index is 1.97. The van der Waals surface area contributed by atoms with Crippen molar-refractivity contribution in [2.45, 2.75) is 13.5 Å². The first-order chi connectivity index (χ1) is 8.25. The average molecular weight is 228 g/mol. The molecule has 0 saturated heterocycles. The summed E-state index contributed by atoms with van der Waals surface area (Å²) in [7, 11) is 0. The molecule has 86 valence electrons. The van der Waals surface area contributed by atoms with Crippen molar-refractivity contribution in [2.24, 2.45) is 0 Å². The minimum atomic E-state index is -0.207. The summed E-state index contributed by atoms with van der Waals surface area (Å²) in [5.74, 6) is -0.207. The van der Waals surface area contributed by atoms with Crippen molar-refractivity contribution in [3.8, 4) is 0 Å². The van der Waals surface area contributed by atoms with E-state index in [9.17, 15) is 4.79 Å². The van der Waals surface area contributed by atoms with E-state index in [0.29, 0.717) is 12.2 Å². The van der Waals surface area contributed by atoms with Gasteiger partial charge in [-0.15, -0.1) is 0 Å². The first kappa shape index (κ1) is 11.2. The number of nitrogens with zero attached hydrogens (tertiary/aromatic N) is 3. The van der Waals surface area contributed by atoms with Crippen LogP contribution in [0.5, 0.6) is 0 Å². The molecule has 0 aliphatic carbocycles. The standard InChI is InChI=1S/C12H12N4O/c1-9-6-10(16-8-15-9)7-14-12(17)11-4-2-3-5-13-11/h2-6,8H,7H2,1H3,(H,14,17). The van der Waals surface area contributed by atoms with Crippen LogP contribution in [0.15, 0.2) is 36.8 Å². The third-order valence-corrected chi connectivity index (χ3v) is 2.19. The summed E-state index contributed by atoms with van der Waals surface area (Å²) < 4.78 is 0. The number of carbonyl (C=O) groups is 1. The number of rotatable bonds is 3. The van der Waals surface area contributed by atoms with E-state index in [-0.39, 0.29) is 5.91 Å². The molecule has 17 heavy (non-hydrogen) atoms. The summed E-state index contributed by atoms with van der Waals surface area (Å²) in [6.45, 7) is 2.25. The fraction of sp³-hybridized carbons (Fsp3) is 0.167. The van der Waals surface area contributed by atoms with Gasteiger partial charge in [0.25, 0.3) is 5.91 Å². The molecule has 0 fully saturated rings. The molecule has 0 aromatic carbocycles. The van der Waals surface area contributed by atoms with Crippen LogP contribution in [0.3, 0.4) is 0 Å². The second-order valence-corrected chi connectivity index (χ2v) is 3.55. The number of pyridine rings is 1. The Kier molecular flexibility index (Phi) is 3.40. The molecule has 0 aliphatic rings. The highest BCUT2D eigenvalue weighted by atomic mass is 16.1. The first-order valence-electron chi connectivity index (χ1n) is 5.22. The van der Waals surface area contributed by atoms with Crippen LogP contribution >= 0.6 is 0 Å². The predicted molar refractivity (Wildman–Crippen MR) is 62.2 cm³/mol. The summed E-state index contributed by atoms with van der Waals surface area (Å²) in [6, 6.07) is 7.04. The fourth-order valence-electron chi connectivity index (χ4n) is 1.36. The minimum Gasteiger partial charge on any atom is -0.345 e. The highest BCUT2D eigenvalue weighted by molar-refractivity contribution is 5.92. The van der Waals surface area contributed by atoms with Crippen molar-refractivity contribution < 1.29 is 4.79 Å². The molecule has 0 unspecified atom stereocenters. The van der Waals surface area contributed by atoms with Gasteiger partial charge in [0, 0.05) is 11.9 Å². The maximum Gasteiger partial charge on any atom is 0.270 e. The van der Waals surface area contributed by atoms with E-state index in [0.717, 1.165) is 11.4 Å². The molecule has 2 heterocycles. The van der Waals surface area contributed by atoms with Crippen LogP contribution in [0.2, 0.25) is 0 Å². The van der Waals surface area contributed by atoms with E-state index in [1.165, 1.54) is 6.33 Å². The van der Waals surface area contributed by atoms with Crippen molar-refractivity contribution >= 4 is 5.91 Å². The summed E-state index contributed by atoms with van der Waals surface area (Å²) in [5.41, 5.74) is 2.06. The molecule has 0 saturated carbocycles. The van der Waals surface area contributed by atoms with Crippen molar-refractivity contribution in [2.75, 3.05) is 0 Å². The molecule has 5 heteroatoms. The van der Waals surface area contributed by atoms with Crippen LogP contribution < -0.4 is 5.32 Å². The number of hydrogen-bond donors (Lipinski definition) is 1. The zero-order chi connectivity index (χ0) is 12.1. The van der Waals surface area contributed by atoms with E-state index >= 15 is 0 Å². The highest BCUT2D eigenvalue weighted by Crippen LogP contribution is 1.97. The summed E-state index contributed by atoms with van der Waals surface area (Å²) in [4.78, 5) is 23.7. The molecular weight excluding hydrogens is 216 g/mol. The van der Waals surface area contributed by atoms with Crippen LogP contribution in [0.1, 0.15) is 21.9 Å². The van der Waals surface area contributed by atoms with E-state index in [1.54, 1.807) is 24.4 Å². The van der Waals surface area contributed by atoms with Crippen molar-refractivity contribution in [3.05, 3.63) is 53.9 Å². The lowest BCUT2D eigenvalue weighted by Crippen LogP contribution is -2.24. The Morgan fingerprint density at radius 1 is 1.29 bits per heavy atom. The molecule has 1 N–H and O–H groups in total. The Morgan fingerprint density at radius 2 is 2.18 bits per heavy atom. The molecule has 0 spiro atoms. The van der Waals surface area contributed by atoms with Gasteiger partial charge in [0.1, 0.15) is 12.0 Å². The normalized spacial score (nSPS) is 9.94. The van der Waals surface area contributed by atoms with Gasteiger partial charge in [0.05, 0.1) is 12.2 Å². The van der Waals surface area contributed by atoms with Crippen LogP contribution in [-0.4, -0.2) is 20.9 Å². The molecule has 5 nitrogen and oxygen atoms in total. The van der Waals surface area contributed by atoms with Crippen LogP contribution in [-0.2, 0) is 6.54 Å². The topological polar surface area (TPSA) is 67.8 Å². The molecule has 2 aromatic heterocycles. The monoisotopic (exact) mass is 228 g/mol. The maximum absolute atomic E-state index is 11.7. The summed E-state index contributed by atoms with van der Waals surface area (Å²) in [5, 5.41) is 2.75. The van der Waals surface area contributed by atoms with Gasteiger partial charge in [-0.1, -0.05) is 6.07 Å². The van der Waals surface area contributed by atoms with Crippen LogP contribution in [0.25, 0.3) is 0 Å². The zero-order valence-corrected chi connectivity index (χ0v) is 9.42. The van der Waals surface area contributed by atoms with Crippen molar-refractivity contribution in [1.82, 2.24) is 20.3 Å². The summed E-state index contributed by atoms with van der Waals surface area (Å²) >= 11 is 0. The third kappa shape index (κ3) is 3.07. The molecule has 0 aliphatic heterocycles. The largest absolute Gasteiger partial charge is 0.345 e. The Labute approximate surface area is 99.0 Å². The number of nitrogens with one attached hydrogen (secondary N) is 1. The molecule has 2 aromatic rings. The third-order valence-electron chi connectivity index (χ3n) is 2.19. The average Bonchev–Trinajstić information content (AvgIpc) is 2.37. The second-order valence-electron chi connectivity index (χ2n) is 3.55. The van der Waals surface area contributed by atoms with Gasteiger partial charge in [-0.2, -0.15) is 0 Å². The van der Waals surface area contributed by atoms with Gasteiger partial charge < -0.3 is 5.32 Å². The summed E-state index contributed by atoms with van der Waals surface area (Å²) in [6.07, 6.45) is 3.07. The molecule has 0 bridgehead atoms. The molecule has 0 radical (unpaired) electrons. The van der Waals surface area contributed by atoms with Crippen LogP contribution in [0.4, 0.5) is 0 Å². The lowest BCUT2D eigenvalue weighted by Gasteiger charge is -2.04. The first-order valence-corrected chi connectivity index (χ1v) is 5.22. The van der Waals surface area contributed by atoms with Crippen molar-refractivity contribution in [1.29, 1.82) is 0 Å². The second kappa shape index (κ2) is 5.16. The maximum atomic E-state index is 11.7. The van der Waals surface area contributed by atoms with Gasteiger partial charge >= 0.3 is 0 Å². The van der Waals surface area contributed by atoms with E-state index in [2.05, 4.69) is 20.3 Å². The fourth-order valence-corrected chi connectivity index (χ4v) is 1.36. The molecule has 1 amide bonds. The van der Waals surface area contributed by atoms with Gasteiger partial charge in [-0.05, 0) is 25.1 Å². The zero-order valence-electron chi connectivity index (χ0n) is 9.42. The van der Waals surface area contributed by atoms with Gasteiger partial charge in [-0.3, -0.25) is 9.78 Å². The lowest BCUT2D eigenvalue weighted by atomic mass is 10.3. The molecule has 0 atom stereocenters. The van der Waals surface area contributed by atoms with Gasteiger partial charge in [0.15, 0.2) is 0 Å². The highest BCUT2D eigenvalue weighted by Gasteiger charge is 2.05. The van der Waals surface area contributed by atoms with E-state index < -0.39 is 0 Å². The van der Waals surface area contributed by atoms with Gasteiger partial charge in [0.2, 0.25) is 0 Å². The quantitative estimate of drug-likeness (QED) is 0.854. The number of aromatic nitrogens is 3. The smallest absolute Gasteiger partial charge is 0.270 e. The van der Waals surface area contributed by atoms with E-state index in [1.807, 2.05) is 13.0 Å². The van der Waals surface area contributed by atoms with Crippen molar-refractivity contribution in [3.63, 3.8) is 0 Å². The minimum absolute atomic E-state index is 0.207. The number of amides is 1. The number of carbonyl (C=O) groups excluding carboxylic acids is 1. The Morgan fingerprint density at radius 3 is 2.88 bits per heavy atom. The number of hydrogen-bond acceptors (Lipinski definition) is 4. The lowest BCUT2D eigenvalue weighted by molar-refractivity contribution is 0.0945. The Hall–Kier alpha value is -2.30. The Bertz CT molecular complexity index is 513. The van der Waals surface area contributed by atoms with Gasteiger partial charge in [-0.25, -0.2) is 9.97 Å². The number of aryl methyl sites for hydroxylation is 1. The predicted octanol–water partition coefficient (Wildman–Crippen LogP) is 1.11. The van der Waals surface area contributed by atoms with Crippen LogP contribution in [0, 0.1) is 6.92 Å². The molecule has 2 rings (SSSR count). The van der Waals surface area contributed by atoms with E-state index in [4.69, 9.17) is 0 Å².